The van der Waals surface area contributed by atoms with Crippen molar-refractivity contribution >= 4 is 5.96 Å². The standard InChI is InChI=1S/C17H30N4O2/c1-13(2)10-14(3)23-16-11-15(6-7-19-16)12-21-17(18-4)20-8-9-22-5/h6-7,11,13-14H,8-10,12H2,1-5H3,(H2,18,20,21). The summed E-state index contributed by atoms with van der Waals surface area (Å²) in [5.74, 6) is 2.02. The van der Waals surface area contributed by atoms with Gasteiger partial charge in [-0.25, -0.2) is 4.98 Å². The van der Waals surface area contributed by atoms with Crippen LogP contribution in [-0.4, -0.2) is 44.4 Å². The first-order chi connectivity index (χ1) is 11.0. The second kappa shape index (κ2) is 10.8. The highest BCUT2D eigenvalue weighted by molar-refractivity contribution is 5.79. The summed E-state index contributed by atoms with van der Waals surface area (Å²) in [6.07, 6.45) is 2.95. The molecule has 0 aromatic carbocycles. The molecule has 0 bridgehead atoms. The summed E-state index contributed by atoms with van der Waals surface area (Å²) < 4.78 is 10.9. The smallest absolute Gasteiger partial charge is 0.213 e. The fraction of sp³-hybridized carbons (Fsp3) is 0.647. The molecule has 0 saturated heterocycles. The molecule has 0 aliphatic rings. The summed E-state index contributed by atoms with van der Waals surface area (Å²) in [4.78, 5) is 8.45. The van der Waals surface area contributed by atoms with Gasteiger partial charge < -0.3 is 20.1 Å². The van der Waals surface area contributed by atoms with Gasteiger partial charge in [0.05, 0.1) is 12.7 Å². The molecule has 0 spiro atoms. The first-order valence-electron chi connectivity index (χ1n) is 8.10. The van der Waals surface area contributed by atoms with E-state index in [0.717, 1.165) is 17.9 Å². The minimum atomic E-state index is 0.161. The van der Waals surface area contributed by atoms with Crippen molar-refractivity contribution in [2.24, 2.45) is 10.9 Å². The highest BCUT2D eigenvalue weighted by atomic mass is 16.5. The molecule has 2 N–H and O–H groups in total. The Labute approximate surface area is 139 Å². The van der Waals surface area contributed by atoms with E-state index in [2.05, 4.69) is 41.4 Å². The van der Waals surface area contributed by atoms with Gasteiger partial charge in [0.1, 0.15) is 0 Å². The Morgan fingerprint density at radius 3 is 2.74 bits per heavy atom. The van der Waals surface area contributed by atoms with Crippen LogP contribution in [0.5, 0.6) is 5.88 Å². The molecule has 1 unspecified atom stereocenters. The highest BCUT2D eigenvalue weighted by Crippen LogP contribution is 2.14. The van der Waals surface area contributed by atoms with Crippen molar-refractivity contribution in [3.05, 3.63) is 23.9 Å². The number of pyridine rings is 1. The van der Waals surface area contributed by atoms with Gasteiger partial charge in [-0.2, -0.15) is 0 Å². The molecule has 0 aliphatic carbocycles. The van der Waals surface area contributed by atoms with Gasteiger partial charge in [-0.15, -0.1) is 0 Å². The molecule has 0 radical (unpaired) electrons. The predicted molar refractivity (Wildman–Crippen MR) is 93.9 cm³/mol. The highest BCUT2D eigenvalue weighted by Gasteiger charge is 2.08. The Bertz CT molecular complexity index is 477. The molecular formula is C17H30N4O2. The molecule has 6 heteroatoms. The molecule has 1 heterocycles. The molecule has 1 atom stereocenters. The molecule has 1 aromatic heterocycles. The van der Waals surface area contributed by atoms with Crippen LogP contribution in [0.25, 0.3) is 0 Å². The number of ether oxygens (including phenoxy) is 2. The molecular weight excluding hydrogens is 292 g/mol. The van der Waals surface area contributed by atoms with Gasteiger partial charge in [-0.3, -0.25) is 4.99 Å². The van der Waals surface area contributed by atoms with E-state index in [-0.39, 0.29) is 6.10 Å². The summed E-state index contributed by atoms with van der Waals surface area (Å²) in [5, 5.41) is 6.43. The average Bonchev–Trinajstić information content (AvgIpc) is 2.50. The van der Waals surface area contributed by atoms with Crippen LogP contribution in [0.1, 0.15) is 32.8 Å². The molecule has 1 aromatic rings. The van der Waals surface area contributed by atoms with Crippen LogP contribution >= 0.6 is 0 Å². The zero-order chi connectivity index (χ0) is 17.1. The van der Waals surface area contributed by atoms with Gasteiger partial charge in [0, 0.05) is 39.5 Å². The molecule has 6 nitrogen and oxygen atoms in total. The van der Waals surface area contributed by atoms with Crippen LogP contribution in [0, 0.1) is 5.92 Å². The predicted octanol–water partition coefficient (Wildman–Crippen LogP) is 2.21. The Balaban J connectivity index is 2.49. The minimum absolute atomic E-state index is 0.161. The molecule has 23 heavy (non-hydrogen) atoms. The summed E-state index contributed by atoms with van der Waals surface area (Å²) in [6.45, 7) is 8.47. The third kappa shape index (κ3) is 8.40. The van der Waals surface area contributed by atoms with E-state index in [9.17, 15) is 0 Å². The first-order valence-corrected chi connectivity index (χ1v) is 8.10. The largest absolute Gasteiger partial charge is 0.475 e. The number of rotatable bonds is 9. The Morgan fingerprint density at radius 1 is 1.30 bits per heavy atom. The fourth-order valence-electron chi connectivity index (χ4n) is 2.22. The number of hydrogen-bond acceptors (Lipinski definition) is 4. The monoisotopic (exact) mass is 322 g/mol. The Hall–Kier alpha value is -1.82. The Kier molecular flexibility index (Phi) is 9.05. The third-order valence-corrected chi connectivity index (χ3v) is 3.21. The second-order valence-corrected chi connectivity index (χ2v) is 5.91. The van der Waals surface area contributed by atoms with Gasteiger partial charge in [0.15, 0.2) is 5.96 Å². The van der Waals surface area contributed by atoms with Gasteiger partial charge in [-0.1, -0.05) is 13.8 Å². The lowest BCUT2D eigenvalue weighted by atomic mass is 10.1. The minimum Gasteiger partial charge on any atom is -0.475 e. The van der Waals surface area contributed by atoms with Crippen LogP contribution < -0.4 is 15.4 Å². The first kappa shape index (κ1) is 19.2. The van der Waals surface area contributed by atoms with Crippen LogP contribution in [0.3, 0.4) is 0 Å². The van der Waals surface area contributed by atoms with Crippen LogP contribution in [-0.2, 0) is 11.3 Å². The summed E-state index contributed by atoms with van der Waals surface area (Å²) in [6, 6.07) is 3.93. The Morgan fingerprint density at radius 2 is 2.09 bits per heavy atom. The fourth-order valence-corrected chi connectivity index (χ4v) is 2.22. The normalized spacial score (nSPS) is 13.0. The molecule has 0 amide bonds. The van der Waals surface area contributed by atoms with Gasteiger partial charge in [0.2, 0.25) is 5.88 Å². The molecule has 0 fully saturated rings. The molecule has 130 valence electrons. The van der Waals surface area contributed by atoms with Crippen LogP contribution in [0.4, 0.5) is 0 Å². The van der Waals surface area contributed by atoms with Crippen LogP contribution in [0.15, 0.2) is 23.3 Å². The zero-order valence-corrected chi connectivity index (χ0v) is 14.9. The van der Waals surface area contributed by atoms with E-state index in [1.165, 1.54) is 0 Å². The lowest BCUT2D eigenvalue weighted by molar-refractivity contribution is 0.185. The lowest BCUT2D eigenvalue weighted by Crippen LogP contribution is -2.38. The van der Waals surface area contributed by atoms with E-state index >= 15 is 0 Å². The summed E-state index contributed by atoms with van der Waals surface area (Å²) in [7, 11) is 3.42. The van der Waals surface area contributed by atoms with Gasteiger partial charge >= 0.3 is 0 Å². The van der Waals surface area contributed by atoms with Crippen molar-refractivity contribution in [3.8, 4) is 5.88 Å². The van der Waals surface area contributed by atoms with E-state index in [0.29, 0.717) is 31.5 Å². The zero-order valence-electron chi connectivity index (χ0n) is 14.9. The molecule has 0 saturated carbocycles. The van der Waals surface area contributed by atoms with Gasteiger partial charge in [0.25, 0.3) is 0 Å². The number of hydrogen-bond donors (Lipinski definition) is 2. The van der Waals surface area contributed by atoms with Crippen molar-refractivity contribution in [2.45, 2.75) is 39.8 Å². The van der Waals surface area contributed by atoms with Crippen molar-refractivity contribution in [1.82, 2.24) is 15.6 Å². The number of guanidine groups is 1. The van der Waals surface area contributed by atoms with E-state index in [1.54, 1.807) is 20.4 Å². The quantitative estimate of drug-likeness (QED) is 0.414. The van der Waals surface area contributed by atoms with Gasteiger partial charge in [-0.05, 0) is 30.9 Å². The third-order valence-electron chi connectivity index (χ3n) is 3.21. The van der Waals surface area contributed by atoms with Crippen molar-refractivity contribution in [2.75, 3.05) is 27.3 Å². The SMILES string of the molecule is CN=C(NCCOC)NCc1ccnc(OC(C)CC(C)C)c1. The summed E-state index contributed by atoms with van der Waals surface area (Å²) in [5.41, 5.74) is 1.10. The topological polar surface area (TPSA) is 67.8 Å². The summed E-state index contributed by atoms with van der Waals surface area (Å²) >= 11 is 0. The maximum atomic E-state index is 5.88. The number of methoxy groups -OCH3 is 1. The molecule has 0 aliphatic heterocycles. The lowest BCUT2D eigenvalue weighted by Gasteiger charge is -2.16. The number of nitrogens with zero attached hydrogens (tertiary/aromatic N) is 2. The van der Waals surface area contributed by atoms with Crippen molar-refractivity contribution < 1.29 is 9.47 Å². The van der Waals surface area contributed by atoms with Crippen molar-refractivity contribution in [1.29, 1.82) is 0 Å². The van der Waals surface area contributed by atoms with Crippen molar-refractivity contribution in [3.63, 3.8) is 0 Å². The number of aromatic nitrogens is 1. The number of aliphatic imine (C=N–C) groups is 1. The average molecular weight is 322 g/mol. The van der Waals surface area contributed by atoms with E-state index < -0.39 is 0 Å². The maximum Gasteiger partial charge on any atom is 0.213 e. The second-order valence-electron chi connectivity index (χ2n) is 5.91. The maximum absolute atomic E-state index is 5.88. The molecule has 1 rings (SSSR count). The van der Waals surface area contributed by atoms with Crippen LogP contribution in [0.2, 0.25) is 0 Å². The van der Waals surface area contributed by atoms with E-state index in [1.807, 2.05) is 12.1 Å². The number of nitrogens with one attached hydrogen (secondary N) is 2. The van der Waals surface area contributed by atoms with E-state index in [4.69, 9.17) is 9.47 Å².